The molecule has 1 saturated heterocycles. The number of halogens is 1. The quantitative estimate of drug-likeness (QED) is 0.613. The van der Waals surface area contributed by atoms with Crippen molar-refractivity contribution in [1.82, 2.24) is 30.1 Å². The van der Waals surface area contributed by atoms with Crippen molar-refractivity contribution in [3.63, 3.8) is 0 Å². The molecule has 4 heterocycles. The number of rotatable bonds is 5. The molecule has 2 aliphatic heterocycles. The number of ether oxygens (including phenoxy) is 1. The molecule has 10 heteroatoms. The van der Waals surface area contributed by atoms with E-state index in [2.05, 4.69) is 49.8 Å². The average molecular weight is 456 g/mol. The lowest BCUT2D eigenvalue weighted by Gasteiger charge is -2.48. The number of likely N-dealkylation sites (tertiary alicyclic amines) is 1. The summed E-state index contributed by atoms with van der Waals surface area (Å²) in [5.41, 5.74) is 3.79. The third-order valence-electron chi connectivity index (χ3n) is 6.40. The van der Waals surface area contributed by atoms with E-state index in [0.29, 0.717) is 18.3 Å². The van der Waals surface area contributed by atoms with E-state index in [1.807, 2.05) is 12.3 Å². The van der Waals surface area contributed by atoms with Gasteiger partial charge < -0.3 is 10.1 Å². The number of nitrogens with one attached hydrogen (secondary N) is 2. The normalized spacial score (nSPS) is 23.2. The number of fused-ring (bicyclic) bond motifs is 2. The number of piperidine rings is 1. The van der Waals surface area contributed by atoms with Gasteiger partial charge in [-0.25, -0.2) is 4.68 Å². The van der Waals surface area contributed by atoms with Gasteiger partial charge in [-0.3, -0.25) is 14.8 Å². The van der Waals surface area contributed by atoms with Crippen LogP contribution in [0, 0.1) is 0 Å². The Morgan fingerprint density at radius 2 is 2.34 bits per heavy atom. The molecule has 1 fully saturated rings. The van der Waals surface area contributed by atoms with Crippen molar-refractivity contribution in [2.45, 2.75) is 50.9 Å². The summed E-state index contributed by atoms with van der Waals surface area (Å²) in [5.74, 6) is -0.178. The van der Waals surface area contributed by atoms with Crippen LogP contribution in [0.25, 0.3) is 0 Å². The van der Waals surface area contributed by atoms with Crippen molar-refractivity contribution in [1.29, 1.82) is 0 Å². The Hall–Kier alpha value is -2.75. The van der Waals surface area contributed by atoms with Crippen LogP contribution >= 0.6 is 11.6 Å². The van der Waals surface area contributed by atoms with Crippen LogP contribution < -0.4 is 5.32 Å². The Kier molecular flexibility index (Phi) is 5.71. The predicted molar refractivity (Wildman–Crippen MR) is 119 cm³/mol. The molecular formula is C22H26ClN7O2. The smallest absolute Gasteiger partial charge is 0.246 e. The number of anilines is 1. The standard InChI is InChI=1S/C22H26ClN7O2/c1-15-9-22(20-8-17(23)3-2-16(20)4-7-32-22)5-6-29(15)12-19-13-30(28-27-19)14-21(31)26-18-10-24-25-11-18/h2-3,8,10-11,13,15H,4-7,9,12,14H2,1H3,(H,24,25)(H,26,31)/t15-,22?/m0/s1. The van der Waals surface area contributed by atoms with Crippen LogP contribution in [0.1, 0.15) is 36.6 Å². The number of carbonyl (C=O) groups is 1. The number of nitrogens with zero attached hydrogens (tertiary/aromatic N) is 5. The van der Waals surface area contributed by atoms with Crippen LogP contribution in [-0.2, 0) is 34.6 Å². The summed E-state index contributed by atoms with van der Waals surface area (Å²) in [4.78, 5) is 14.5. The number of benzene rings is 1. The predicted octanol–water partition coefficient (Wildman–Crippen LogP) is 2.75. The summed E-state index contributed by atoms with van der Waals surface area (Å²) in [6.45, 7) is 4.65. The molecule has 2 atom stereocenters. The fourth-order valence-electron chi connectivity index (χ4n) is 4.85. The van der Waals surface area contributed by atoms with Crippen LogP contribution in [0.4, 0.5) is 5.69 Å². The highest BCUT2D eigenvalue weighted by atomic mass is 35.5. The van der Waals surface area contributed by atoms with Crippen molar-refractivity contribution in [3.8, 4) is 0 Å². The molecule has 32 heavy (non-hydrogen) atoms. The summed E-state index contributed by atoms with van der Waals surface area (Å²) in [6, 6.07) is 6.50. The molecule has 0 aliphatic carbocycles. The molecular weight excluding hydrogens is 430 g/mol. The van der Waals surface area contributed by atoms with Gasteiger partial charge in [0.05, 0.1) is 36.0 Å². The molecule has 2 aromatic heterocycles. The molecule has 0 saturated carbocycles. The van der Waals surface area contributed by atoms with Gasteiger partial charge in [0.25, 0.3) is 0 Å². The van der Waals surface area contributed by atoms with Gasteiger partial charge in [-0.2, -0.15) is 5.10 Å². The number of H-pyrrole nitrogens is 1. The maximum atomic E-state index is 12.2. The second-order valence-corrected chi connectivity index (χ2v) is 9.05. The minimum Gasteiger partial charge on any atom is -0.370 e. The average Bonchev–Trinajstić information content (AvgIpc) is 3.43. The summed E-state index contributed by atoms with van der Waals surface area (Å²) in [6.07, 6.45) is 7.75. The van der Waals surface area contributed by atoms with Crippen LogP contribution in [0.15, 0.2) is 36.8 Å². The first-order chi connectivity index (χ1) is 15.5. The fourth-order valence-corrected chi connectivity index (χ4v) is 5.02. The van der Waals surface area contributed by atoms with Crippen LogP contribution in [0.5, 0.6) is 0 Å². The van der Waals surface area contributed by atoms with E-state index in [-0.39, 0.29) is 18.1 Å². The molecule has 1 spiro atoms. The number of hydrogen-bond acceptors (Lipinski definition) is 6. The van der Waals surface area contributed by atoms with E-state index in [1.165, 1.54) is 11.1 Å². The second kappa shape index (κ2) is 8.65. The summed E-state index contributed by atoms with van der Waals surface area (Å²) in [5, 5.41) is 18.4. The van der Waals surface area contributed by atoms with Crippen LogP contribution in [0.3, 0.4) is 0 Å². The molecule has 1 amide bonds. The highest BCUT2D eigenvalue weighted by Crippen LogP contribution is 2.44. The molecule has 9 nitrogen and oxygen atoms in total. The zero-order chi connectivity index (χ0) is 22.1. The van der Waals surface area contributed by atoms with Crippen molar-refractivity contribution in [2.75, 3.05) is 18.5 Å². The molecule has 3 aromatic rings. The van der Waals surface area contributed by atoms with Crippen molar-refractivity contribution >= 4 is 23.2 Å². The van der Waals surface area contributed by atoms with Crippen LogP contribution in [0.2, 0.25) is 5.02 Å². The monoisotopic (exact) mass is 455 g/mol. The highest BCUT2D eigenvalue weighted by Gasteiger charge is 2.43. The molecule has 168 valence electrons. The Labute approximate surface area is 191 Å². The SMILES string of the molecule is C[C@H]1CC2(CCN1Cc1cn(CC(=O)Nc3cn[nH]c3)nn1)OCCc1ccc(Cl)cc12. The maximum absolute atomic E-state index is 12.2. The first-order valence-corrected chi connectivity index (χ1v) is 11.2. The van der Waals surface area contributed by atoms with E-state index in [9.17, 15) is 4.79 Å². The van der Waals surface area contributed by atoms with E-state index in [1.54, 1.807) is 17.1 Å². The molecule has 2 aliphatic rings. The zero-order valence-electron chi connectivity index (χ0n) is 17.9. The molecule has 1 unspecified atom stereocenters. The largest absolute Gasteiger partial charge is 0.370 e. The summed E-state index contributed by atoms with van der Waals surface area (Å²) < 4.78 is 7.94. The molecule has 0 bridgehead atoms. The van der Waals surface area contributed by atoms with Gasteiger partial charge >= 0.3 is 0 Å². The van der Waals surface area contributed by atoms with Gasteiger partial charge in [0, 0.05) is 30.4 Å². The third-order valence-corrected chi connectivity index (χ3v) is 6.64. The number of carbonyl (C=O) groups excluding carboxylic acids is 1. The molecule has 0 radical (unpaired) electrons. The van der Waals surface area contributed by atoms with E-state index < -0.39 is 0 Å². The minimum atomic E-state index is -0.267. The van der Waals surface area contributed by atoms with E-state index in [4.69, 9.17) is 16.3 Å². The number of aromatic amines is 1. The zero-order valence-corrected chi connectivity index (χ0v) is 18.7. The van der Waals surface area contributed by atoms with Crippen molar-refractivity contribution in [3.05, 3.63) is 58.6 Å². The lowest BCUT2D eigenvalue weighted by molar-refractivity contribution is -0.117. The topological polar surface area (TPSA) is 101 Å². The minimum absolute atomic E-state index is 0.0994. The van der Waals surface area contributed by atoms with Crippen LogP contribution in [-0.4, -0.2) is 55.2 Å². The highest BCUT2D eigenvalue weighted by molar-refractivity contribution is 6.30. The van der Waals surface area contributed by atoms with E-state index in [0.717, 1.165) is 43.1 Å². The van der Waals surface area contributed by atoms with Gasteiger partial charge in [-0.1, -0.05) is 22.9 Å². The van der Waals surface area contributed by atoms with Gasteiger partial charge in [-0.15, -0.1) is 5.10 Å². The second-order valence-electron chi connectivity index (χ2n) is 8.61. The lowest BCUT2D eigenvalue weighted by Crippen LogP contribution is -2.50. The molecule has 5 rings (SSSR count). The Morgan fingerprint density at radius 1 is 1.44 bits per heavy atom. The number of amides is 1. The maximum Gasteiger partial charge on any atom is 0.246 e. The third kappa shape index (κ3) is 4.28. The van der Waals surface area contributed by atoms with Gasteiger partial charge in [0.1, 0.15) is 6.54 Å². The molecule has 2 N–H and O–H groups in total. The van der Waals surface area contributed by atoms with Gasteiger partial charge in [0.15, 0.2) is 0 Å². The Balaban J connectivity index is 1.22. The van der Waals surface area contributed by atoms with Crippen molar-refractivity contribution < 1.29 is 9.53 Å². The lowest BCUT2D eigenvalue weighted by atomic mass is 9.77. The van der Waals surface area contributed by atoms with Gasteiger partial charge in [0.2, 0.25) is 5.91 Å². The van der Waals surface area contributed by atoms with Gasteiger partial charge in [-0.05, 0) is 49.4 Å². The Bertz CT molecular complexity index is 1100. The fraction of sp³-hybridized carbons (Fsp3) is 0.455. The van der Waals surface area contributed by atoms with E-state index >= 15 is 0 Å². The number of hydrogen-bond donors (Lipinski definition) is 2. The molecule has 1 aromatic carbocycles. The van der Waals surface area contributed by atoms with Crippen molar-refractivity contribution in [2.24, 2.45) is 0 Å². The Morgan fingerprint density at radius 3 is 3.16 bits per heavy atom. The first-order valence-electron chi connectivity index (χ1n) is 10.9. The summed E-state index contributed by atoms with van der Waals surface area (Å²) >= 11 is 6.31. The number of aromatic nitrogens is 5. The summed E-state index contributed by atoms with van der Waals surface area (Å²) in [7, 11) is 0. The first kappa shape index (κ1) is 21.1.